The van der Waals surface area contributed by atoms with E-state index in [4.69, 9.17) is 10.7 Å². The Bertz CT molecular complexity index is 1620. The fourth-order valence-electron chi connectivity index (χ4n) is 4.01. The first-order chi connectivity index (χ1) is 21.2. The number of nitrogens with two attached hydrogens (primary N) is 1. The molecule has 8 heteroatoms. The van der Waals surface area contributed by atoms with Crippen molar-refractivity contribution in [1.29, 1.82) is 0 Å². The van der Waals surface area contributed by atoms with Crippen molar-refractivity contribution in [3.8, 4) is 11.3 Å². The lowest BCUT2D eigenvalue weighted by molar-refractivity contribution is 0.102. The van der Waals surface area contributed by atoms with Gasteiger partial charge in [-0.15, -0.1) is 0 Å². The molecule has 1 fully saturated rings. The minimum absolute atomic E-state index is 0.117. The maximum absolute atomic E-state index is 12.9. The van der Waals surface area contributed by atoms with Crippen molar-refractivity contribution in [1.82, 2.24) is 9.97 Å². The van der Waals surface area contributed by atoms with Crippen LogP contribution in [-0.2, 0) is 0 Å². The predicted octanol–water partition coefficient (Wildman–Crippen LogP) is 8.75. The largest absolute Gasteiger partial charge is 0.399 e. The van der Waals surface area contributed by atoms with Gasteiger partial charge in [0.05, 0.1) is 16.7 Å². The van der Waals surface area contributed by atoms with E-state index >= 15 is 0 Å². The second-order valence-electron chi connectivity index (χ2n) is 10.4. The van der Waals surface area contributed by atoms with Crippen molar-refractivity contribution in [2.75, 3.05) is 21.9 Å². The van der Waals surface area contributed by atoms with Crippen molar-refractivity contribution in [3.05, 3.63) is 120 Å². The van der Waals surface area contributed by atoms with Crippen LogP contribution < -0.4 is 15.4 Å². The molecule has 0 spiro atoms. The average Bonchev–Trinajstić information content (AvgIpc) is 3.05. The molecule has 2 aromatic carbocycles. The number of aromatic nitrogens is 2. The van der Waals surface area contributed by atoms with Gasteiger partial charge in [0.15, 0.2) is 0 Å². The Morgan fingerprint density at radius 2 is 1.82 bits per heavy atom. The topological polar surface area (TPSA) is 96.5 Å². The normalized spacial score (nSPS) is 12.3. The van der Waals surface area contributed by atoms with E-state index < -0.39 is 0 Å². The van der Waals surface area contributed by atoms with Crippen LogP contribution in [0.1, 0.15) is 49.5 Å². The molecule has 1 aliphatic rings. The van der Waals surface area contributed by atoms with Crippen LogP contribution in [0.4, 0.5) is 11.4 Å². The van der Waals surface area contributed by atoms with Crippen LogP contribution in [0, 0.1) is 6.92 Å². The number of carbonyl (C=O) groups is 1. The van der Waals surface area contributed by atoms with E-state index in [-0.39, 0.29) is 5.91 Å². The maximum Gasteiger partial charge on any atom is 0.255 e. The van der Waals surface area contributed by atoms with E-state index in [9.17, 15) is 4.79 Å². The number of carbonyl (C=O) groups excluding carboxylic acids is 1. The van der Waals surface area contributed by atoms with Gasteiger partial charge in [0.1, 0.15) is 0 Å². The minimum Gasteiger partial charge on any atom is -0.399 e. The Morgan fingerprint density at radius 3 is 2.43 bits per heavy atom. The number of allylic oxidation sites excluding steroid dienone is 3. The Balaban J connectivity index is 0.000000375. The lowest BCUT2D eigenvalue weighted by Crippen LogP contribution is -2.21. The molecule has 7 nitrogen and oxygen atoms in total. The molecule has 0 bridgehead atoms. The lowest BCUT2D eigenvalue weighted by atomic mass is 10.0. The summed E-state index contributed by atoms with van der Waals surface area (Å²) >= 11 is 1.86. The number of anilines is 2. The number of nitrogens with zero attached hydrogens (tertiary/aromatic N) is 4. The number of fused-ring (bicyclic) bond motifs is 1. The molecule has 1 aliphatic heterocycles. The molecule has 1 saturated heterocycles. The van der Waals surface area contributed by atoms with Gasteiger partial charge in [0.2, 0.25) is 0 Å². The third-order valence-electron chi connectivity index (χ3n) is 6.62. The third kappa shape index (κ3) is 10.5. The fourth-order valence-corrected chi connectivity index (χ4v) is 5.10. The summed E-state index contributed by atoms with van der Waals surface area (Å²) in [5, 5.41) is 3.03. The highest BCUT2D eigenvalue weighted by Gasteiger charge is 2.14. The number of pyridine rings is 2. The summed E-state index contributed by atoms with van der Waals surface area (Å²) in [6, 6.07) is 21.6. The van der Waals surface area contributed by atoms with E-state index in [1.165, 1.54) is 24.6 Å². The zero-order chi connectivity index (χ0) is 31.9. The molecule has 1 amide bonds. The summed E-state index contributed by atoms with van der Waals surface area (Å²) in [6.45, 7) is 15.9. The van der Waals surface area contributed by atoms with E-state index in [1.54, 1.807) is 12.3 Å². The number of amides is 1. The molecule has 44 heavy (non-hydrogen) atoms. The molecule has 0 radical (unpaired) electrons. The Hall–Kier alpha value is -4.69. The highest BCUT2D eigenvalue weighted by atomic mass is 32.2. The second-order valence-corrected chi connectivity index (χ2v) is 11.5. The van der Waals surface area contributed by atoms with Gasteiger partial charge in [-0.05, 0) is 132 Å². The van der Waals surface area contributed by atoms with E-state index in [0.29, 0.717) is 11.3 Å². The quantitative estimate of drug-likeness (QED) is 0.0986. The van der Waals surface area contributed by atoms with E-state index in [0.717, 1.165) is 51.5 Å². The number of hydrogen-bond acceptors (Lipinski definition) is 7. The number of benzene rings is 2. The van der Waals surface area contributed by atoms with Gasteiger partial charge in [-0.3, -0.25) is 14.8 Å². The number of aliphatic imine (C=N–C) groups is 1. The highest BCUT2D eigenvalue weighted by molar-refractivity contribution is 8.00. The van der Waals surface area contributed by atoms with Gasteiger partial charge in [-0.25, -0.2) is 4.98 Å². The van der Waals surface area contributed by atoms with Crippen molar-refractivity contribution in [2.45, 2.75) is 40.5 Å². The van der Waals surface area contributed by atoms with Crippen molar-refractivity contribution in [3.63, 3.8) is 0 Å². The molecule has 5 rings (SSSR count). The zero-order valence-electron chi connectivity index (χ0n) is 26.1. The molecule has 228 valence electrons. The summed E-state index contributed by atoms with van der Waals surface area (Å²) < 4.78 is 2.31. The third-order valence-corrected chi connectivity index (χ3v) is 7.80. The first kappa shape index (κ1) is 33.8. The summed E-state index contributed by atoms with van der Waals surface area (Å²) in [5.74, 6) is 1.04. The second kappa shape index (κ2) is 17.4. The predicted molar refractivity (Wildman–Crippen MR) is 190 cm³/mol. The van der Waals surface area contributed by atoms with Crippen LogP contribution in [0.25, 0.3) is 22.3 Å². The van der Waals surface area contributed by atoms with Crippen LogP contribution in [0.15, 0.2) is 114 Å². The maximum atomic E-state index is 12.9. The Morgan fingerprint density at radius 1 is 1.07 bits per heavy atom. The first-order valence-electron chi connectivity index (χ1n) is 14.5. The van der Waals surface area contributed by atoms with Gasteiger partial charge >= 0.3 is 0 Å². The molecular weight excluding hydrogens is 565 g/mol. The standard InChI is InChI=1S/C26H24N4OS.C5H8N2.C5H10/c1-18-6-9-20(17-22(18)23-12-13-24-25(29-23)5-4-14-27-24)28-26(31)19-7-10-21(11-8-19)30-15-2-3-16-32-30;1-5(6)3-4-7-2;1-4-5(2)3/h4-14,17H,2-3,15-16H2,1H3,(H,28,31);3-4H,1-2,6H2;4H,1-3H3/b;4-3-;. The lowest BCUT2D eigenvalue weighted by Gasteiger charge is -2.27. The van der Waals surface area contributed by atoms with Crippen LogP contribution in [0.5, 0.6) is 0 Å². The molecule has 2 aromatic heterocycles. The Labute approximate surface area is 265 Å². The molecule has 3 heterocycles. The van der Waals surface area contributed by atoms with Crippen LogP contribution in [-0.4, -0.2) is 34.9 Å². The van der Waals surface area contributed by atoms with Crippen molar-refractivity contribution < 1.29 is 4.79 Å². The van der Waals surface area contributed by atoms with Crippen LogP contribution in [0.3, 0.4) is 0 Å². The first-order valence-corrected chi connectivity index (χ1v) is 15.5. The smallest absolute Gasteiger partial charge is 0.255 e. The zero-order valence-corrected chi connectivity index (χ0v) is 26.9. The Kier molecular flexibility index (Phi) is 13.4. The van der Waals surface area contributed by atoms with Crippen LogP contribution in [0.2, 0.25) is 0 Å². The molecule has 0 saturated carbocycles. The molecule has 0 aliphatic carbocycles. The molecule has 0 unspecified atom stereocenters. The van der Waals surface area contributed by atoms with Gasteiger partial charge in [-0.1, -0.05) is 24.3 Å². The summed E-state index contributed by atoms with van der Waals surface area (Å²) in [6.07, 6.45) is 9.40. The molecular formula is C36H42N6OS. The van der Waals surface area contributed by atoms with Crippen molar-refractivity contribution >= 4 is 47.0 Å². The number of rotatable bonds is 6. The fraction of sp³-hybridized carbons (Fsp3) is 0.222. The number of nitrogens with one attached hydrogen (secondary N) is 1. The van der Waals surface area contributed by atoms with E-state index in [2.05, 4.69) is 52.8 Å². The summed E-state index contributed by atoms with van der Waals surface area (Å²) in [4.78, 5) is 25.4. The van der Waals surface area contributed by atoms with Gasteiger partial charge in [-0.2, -0.15) is 0 Å². The van der Waals surface area contributed by atoms with Crippen molar-refractivity contribution in [2.24, 2.45) is 10.7 Å². The molecule has 3 N–H and O–H groups in total. The monoisotopic (exact) mass is 606 g/mol. The van der Waals surface area contributed by atoms with Gasteiger partial charge < -0.3 is 15.4 Å². The van der Waals surface area contributed by atoms with Crippen LogP contribution >= 0.6 is 11.9 Å². The minimum atomic E-state index is -0.117. The SMILES string of the molecule is C=N/C=C\C(=C)N.CC=C(C)C.Cc1ccc(NC(=O)c2ccc(N3CCCCS3)cc2)cc1-c1ccc2ncccc2n1. The number of aryl methyl sites for hydroxylation is 1. The number of hydrogen-bond donors (Lipinski definition) is 2. The summed E-state index contributed by atoms with van der Waals surface area (Å²) in [5.41, 5.74) is 14.2. The highest BCUT2D eigenvalue weighted by Crippen LogP contribution is 2.29. The van der Waals surface area contributed by atoms with Gasteiger partial charge in [0, 0.05) is 52.9 Å². The van der Waals surface area contributed by atoms with Gasteiger partial charge in [0.25, 0.3) is 5.91 Å². The molecule has 0 atom stereocenters. The summed E-state index contributed by atoms with van der Waals surface area (Å²) in [7, 11) is 0. The van der Waals surface area contributed by atoms with E-state index in [1.807, 2.05) is 92.5 Å². The average molecular weight is 607 g/mol. The molecule has 4 aromatic rings.